The fourth-order valence-electron chi connectivity index (χ4n) is 2.61. The topological polar surface area (TPSA) is 60.9 Å². The molecule has 1 aliphatic heterocycles. The number of benzene rings is 1. The number of likely N-dealkylation sites (tertiary alicyclic amines) is 1. The van der Waals surface area contributed by atoms with Crippen LogP contribution in [0.1, 0.15) is 28.3 Å². The van der Waals surface area contributed by atoms with Crippen LogP contribution in [0.5, 0.6) is 0 Å². The summed E-state index contributed by atoms with van der Waals surface area (Å²) in [6.07, 6.45) is 0.894. The molecule has 5 heteroatoms. The van der Waals surface area contributed by atoms with Gasteiger partial charge in [0, 0.05) is 20.6 Å². The van der Waals surface area contributed by atoms with Gasteiger partial charge in [0.1, 0.15) is 0 Å². The van der Waals surface area contributed by atoms with E-state index in [2.05, 4.69) is 4.90 Å². The number of carboxylic acid groups (broad SMARTS) is 1. The molecule has 1 aliphatic rings. The molecule has 1 atom stereocenters. The molecule has 1 saturated heterocycles. The first kappa shape index (κ1) is 14.5. The lowest BCUT2D eigenvalue weighted by molar-refractivity contribution is -0.129. The molecule has 2 rings (SSSR count). The number of amides is 1. The van der Waals surface area contributed by atoms with E-state index in [4.69, 9.17) is 0 Å². The number of hydrogen-bond acceptors (Lipinski definition) is 3. The predicted molar refractivity (Wildman–Crippen MR) is 75.9 cm³/mol. The fraction of sp³-hybridized carbons (Fsp3) is 0.467. The largest absolute Gasteiger partial charge is 0.478 e. The number of carboxylic acids is 1. The minimum atomic E-state index is -0.886. The molecule has 0 radical (unpaired) electrons. The van der Waals surface area contributed by atoms with E-state index in [1.54, 1.807) is 31.1 Å². The van der Waals surface area contributed by atoms with Gasteiger partial charge in [-0.3, -0.25) is 9.69 Å². The molecule has 1 amide bonds. The van der Waals surface area contributed by atoms with E-state index < -0.39 is 5.97 Å². The Morgan fingerprint density at radius 1 is 1.35 bits per heavy atom. The molecule has 1 aromatic rings. The maximum atomic E-state index is 11.7. The Morgan fingerprint density at radius 3 is 2.70 bits per heavy atom. The standard InChI is InChI=1S/C15H20N2O3/c1-16(2)14(18)10-17-8-7-11(9-17)12-5-3-4-6-13(12)15(19)20/h3-6,11H,7-10H2,1-2H3,(H,19,20)/t11-/m0/s1. The highest BCUT2D eigenvalue weighted by molar-refractivity contribution is 5.89. The van der Waals surface area contributed by atoms with Gasteiger partial charge >= 0.3 is 5.97 Å². The maximum Gasteiger partial charge on any atom is 0.335 e. The molecule has 0 aromatic heterocycles. The lowest BCUT2D eigenvalue weighted by Crippen LogP contribution is -2.35. The number of likely N-dealkylation sites (N-methyl/N-ethyl adjacent to an activating group) is 1. The van der Waals surface area contributed by atoms with Crippen molar-refractivity contribution < 1.29 is 14.7 Å². The number of rotatable bonds is 4. The van der Waals surface area contributed by atoms with Crippen molar-refractivity contribution in [2.24, 2.45) is 0 Å². The Hall–Kier alpha value is -1.88. The monoisotopic (exact) mass is 276 g/mol. The molecule has 0 aliphatic carbocycles. The summed E-state index contributed by atoms with van der Waals surface area (Å²) in [6.45, 7) is 1.97. The smallest absolute Gasteiger partial charge is 0.335 e. The van der Waals surface area contributed by atoms with Crippen LogP contribution in [0, 0.1) is 0 Å². The lowest BCUT2D eigenvalue weighted by Gasteiger charge is -2.19. The van der Waals surface area contributed by atoms with Gasteiger partial charge in [-0.1, -0.05) is 18.2 Å². The van der Waals surface area contributed by atoms with Gasteiger partial charge in [-0.2, -0.15) is 0 Å². The molecule has 1 heterocycles. The Morgan fingerprint density at radius 2 is 2.05 bits per heavy atom. The van der Waals surface area contributed by atoms with Crippen molar-refractivity contribution in [1.29, 1.82) is 0 Å². The van der Waals surface area contributed by atoms with E-state index in [1.807, 2.05) is 12.1 Å². The number of carbonyl (C=O) groups excluding carboxylic acids is 1. The summed E-state index contributed by atoms with van der Waals surface area (Å²) >= 11 is 0. The van der Waals surface area contributed by atoms with Crippen LogP contribution >= 0.6 is 0 Å². The molecule has 0 unspecified atom stereocenters. The van der Waals surface area contributed by atoms with Gasteiger partial charge in [-0.25, -0.2) is 4.79 Å². The second kappa shape index (κ2) is 6.05. The van der Waals surface area contributed by atoms with Crippen LogP contribution in [0.25, 0.3) is 0 Å². The molecular weight excluding hydrogens is 256 g/mol. The normalized spacial score (nSPS) is 19.0. The van der Waals surface area contributed by atoms with E-state index in [0.29, 0.717) is 12.1 Å². The highest BCUT2D eigenvalue weighted by Gasteiger charge is 2.28. The molecule has 1 fully saturated rings. The average molecular weight is 276 g/mol. The van der Waals surface area contributed by atoms with Crippen LogP contribution in [0.4, 0.5) is 0 Å². The number of carbonyl (C=O) groups is 2. The number of hydrogen-bond donors (Lipinski definition) is 1. The summed E-state index contributed by atoms with van der Waals surface area (Å²) in [5, 5.41) is 9.24. The van der Waals surface area contributed by atoms with Crippen molar-refractivity contribution in [1.82, 2.24) is 9.80 Å². The summed E-state index contributed by atoms with van der Waals surface area (Å²) in [6, 6.07) is 7.14. The van der Waals surface area contributed by atoms with E-state index in [0.717, 1.165) is 25.1 Å². The molecule has 5 nitrogen and oxygen atoms in total. The SMILES string of the molecule is CN(C)C(=O)CN1CC[C@H](c2ccccc2C(=O)O)C1. The first-order valence-corrected chi connectivity index (χ1v) is 6.73. The molecule has 0 spiro atoms. The van der Waals surface area contributed by atoms with Crippen LogP contribution in [0.2, 0.25) is 0 Å². The second-order valence-electron chi connectivity index (χ2n) is 5.40. The highest BCUT2D eigenvalue weighted by atomic mass is 16.4. The summed E-state index contributed by atoms with van der Waals surface area (Å²) in [7, 11) is 3.49. The van der Waals surface area contributed by atoms with Gasteiger partial charge in [-0.05, 0) is 30.5 Å². The van der Waals surface area contributed by atoms with Crippen LogP contribution in [-0.2, 0) is 4.79 Å². The minimum absolute atomic E-state index is 0.0807. The first-order chi connectivity index (χ1) is 9.49. The predicted octanol–water partition coefficient (Wildman–Crippen LogP) is 1.26. The zero-order valence-electron chi connectivity index (χ0n) is 11.9. The van der Waals surface area contributed by atoms with Crippen LogP contribution in [0.15, 0.2) is 24.3 Å². The number of nitrogens with zero attached hydrogens (tertiary/aromatic N) is 2. The van der Waals surface area contributed by atoms with Crippen molar-refractivity contribution in [2.75, 3.05) is 33.7 Å². The Bertz CT molecular complexity index is 514. The summed E-state index contributed by atoms with van der Waals surface area (Å²) in [5.74, 6) is -0.613. The van der Waals surface area contributed by atoms with Gasteiger partial charge in [0.25, 0.3) is 0 Å². The fourth-order valence-corrected chi connectivity index (χ4v) is 2.61. The van der Waals surface area contributed by atoms with Crippen molar-refractivity contribution in [3.8, 4) is 0 Å². The molecule has 1 aromatic carbocycles. The van der Waals surface area contributed by atoms with Gasteiger partial charge < -0.3 is 10.0 Å². The van der Waals surface area contributed by atoms with E-state index in [-0.39, 0.29) is 11.8 Å². The summed E-state index contributed by atoms with van der Waals surface area (Å²) < 4.78 is 0. The highest BCUT2D eigenvalue weighted by Crippen LogP contribution is 2.29. The van der Waals surface area contributed by atoms with Crippen molar-refractivity contribution >= 4 is 11.9 Å². The molecular formula is C15H20N2O3. The summed E-state index contributed by atoms with van der Waals surface area (Å²) in [4.78, 5) is 26.6. The van der Waals surface area contributed by atoms with E-state index in [1.165, 1.54) is 0 Å². The first-order valence-electron chi connectivity index (χ1n) is 6.73. The van der Waals surface area contributed by atoms with Crippen LogP contribution in [-0.4, -0.2) is 60.5 Å². The molecule has 1 N–H and O–H groups in total. The van der Waals surface area contributed by atoms with E-state index in [9.17, 15) is 14.7 Å². The molecule has 0 saturated carbocycles. The summed E-state index contributed by atoms with van der Waals surface area (Å²) in [5.41, 5.74) is 1.25. The quantitative estimate of drug-likeness (QED) is 0.899. The Balaban J connectivity index is 2.06. The molecule has 20 heavy (non-hydrogen) atoms. The van der Waals surface area contributed by atoms with Gasteiger partial charge in [0.05, 0.1) is 12.1 Å². The number of aromatic carboxylic acids is 1. The zero-order chi connectivity index (χ0) is 14.7. The van der Waals surface area contributed by atoms with Crippen molar-refractivity contribution in [3.63, 3.8) is 0 Å². The average Bonchev–Trinajstić information content (AvgIpc) is 2.87. The minimum Gasteiger partial charge on any atom is -0.478 e. The Labute approximate surface area is 118 Å². The van der Waals surface area contributed by atoms with Gasteiger partial charge in [0.15, 0.2) is 0 Å². The molecule has 0 bridgehead atoms. The maximum absolute atomic E-state index is 11.7. The van der Waals surface area contributed by atoms with Gasteiger partial charge in [0.2, 0.25) is 5.91 Å². The van der Waals surface area contributed by atoms with Gasteiger partial charge in [-0.15, -0.1) is 0 Å². The molecule has 108 valence electrons. The third kappa shape index (κ3) is 3.17. The lowest BCUT2D eigenvalue weighted by atomic mass is 9.93. The van der Waals surface area contributed by atoms with Crippen molar-refractivity contribution in [3.05, 3.63) is 35.4 Å². The zero-order valence-corrected chi connectivity index (χ0v) is 11.9. The van der Waals surface area contributed by atoms with E-state index >= 15 is 0 Å². The third-order valence-corrected chi connectivity index (χ3v) is 3.76. The third-order valence-electron chi connectivity index (χ3n) is 3.76. The van der Waals surface area contributed by atoms with Crippen molar-refractivity contribution in [2.45, 2.75) is 12.3 Å². The van der Waals surface area contributed by atoms with Crippen LogP contribution in [0.3, 0.4) is 0 Å². The Kier molecular flexibility index (Phi) is 4.39. The van der Waals surface area contributed by atoms with Crippen LogP contribution < -0.4 is 0 Å². The second-order valence-corrected chi connectivity index (χ2v) is 5.40.